The fraction of sp³-hybridized carbons (Fsp3) is 0.636. The Morgan fingerprint density at radius 2 is 1.96 bits per heavy atom. The summed E-state index contributed by atoms with van der Waals surface area (Å²) in [5.41, 5.74) is 2.07. The van der Waals surface area contributed by atoms with Crippen molar-refractivity contribution in [1.82, 2.24) is 9.80 Å². The van der Waals surface area contributed by atoms with Gasteiger partial charge in [0.1, 0.15) is 5.75 Å². The summed E-state index contributed by atoms with van der Waals surface area (Å²) in [6.07, 6.45) is 5.74. The minimum Gasteiger partial charge on any atom is -0.427 e. The van der Waals surface area contributed by atoms with Gasteiger partial charge in [0, 0.05) is 44.2 Å². The quantitative estimate of drug-likeness (QED) is 0.576. The molecule has 152 valence electrons. The monoisotopic (exact) mass is 385 g/mol. The van der Waals surface area contributed by atoms with E-state index in [1.807, 2.05) is 23.1 Å². The molecule has 1 atom stereocenters. The molecule has 0 saturated carbocycles. The fourth-order valence-electron chi connectivity index (χ4n) is 4.69. The molecule has 6 heteroatoms. The van der Waals surface area contributed by atoms with E-state index in [-0.39, 0.29) is 11.9 Å². The van der Waals surface area contributed by atoms with Gasteiger partial charge in [-0.1, -0.05) is 6.92 Å². The Morgan fingerprint density at radius 3 is 2.75 bits per heavy atom. The SMILES string of the molecule is CCC(=O)Oc1ccc2c(c1)CN1CCCC1CN2C(=O)CCN1CCCC1. The minimum atomic E-state index is -0.230. The Kier molecular flexibility index (Phi) is 5.97. The standard InChI is InChI=1S/C22H31N3O3/c1-2-22(27)28-19-7-8-20-17(14-19)15-24-12-5-6-18(24)16-25(20)21(26)9-13-23-10-3-4-11-23/h7-8,14,18H,2-6,9-13,15-16H2,1H3. The van der Waals surface area contributed by atoms with Gasteiger partial charge in [0.05, 0.1) is 0 Å². The molecule has 0 radical (unpaired) electrons. The second kappa shape index (κ2) is 8.62. The van der Waals surface area contributed by atoms with E-state index in [0.717, 1.165) is 56.9 Å². The number of amides is 1. The van der Waals surface area contributed by atoms with Crippen LogP contribution in [0.3, 0.4) is 0 Å². The number of rotatable bonds is 5. The molecule has 0 aliphatic carbocycles. The van der Waals surface area contributed by atoms with Gasteiger partial charge in [0.2, 0.25) is 5.91 Å². The predicted octanol–water partition coefficient (Wildman–Crippen LogP) is 2.80. The molecule has 1 aromatic carbocycles. The lowest BCUT2D eigenvalue weighted by Gasteiger charge is -2.27. The molecule has 6 nitrogen and oxygen atoms in total. The van der Waals surface area contributed by atoms with Crippen LogP contribution in [-0.2, 0) is 16.1 Å². The first kappa shape index (κ1) is 19.4. The van der Waals surface area contributed by atoms with Gasteiger partial charge in [-0.25, -0.2) is 0 Å². The zero-order valence-corrected chi connectivity index (χ0v) is 16.9. The summed E-state index contributed by atoms with van der Waals surface area (Å²) in [5.74, 6) is 0.555. The number of nitrogens with zero attached hydrogens (tertiary/aromatic N) is 3. The highest BCUT2D eigenvalue weighted by molar-refractivity contribution is 5.94. The topological polar surface area (TPSA) is 53.1 Å². The average molecular weight is 386 g/mol. The van der Waals surface area contributed by atoms with Crippen molar-refractivity contribution < 1.29 is 14.3 Å². The van der Waals surface area contributed by atoms with Gasteiger partial charge in [-0.15, -0.1) is 0 Å². The summed E-state index contributed by atoms with van der Waals surface area (Å²) in [7, 11) is 0. The minimum absolute atomic E-state index is 0.209. The van der Waals surface area contributed by atoms with E-state index in [1.165, 1.54) is 19.3 Å². The van der Waals surface area contributed by atoms with Crippen LogP contribution >= 0.6 is 0 Å². The van der Waals surface area contributed by atoms with Gasteiger partial charge >= 0.3 is 5.97 Å². The number of hydrogen-bond donors (Lipinski definition) is 0. The molecule has 2 saturated heterocycles. The maximum atomic E-state index is 13.2. The summed E-state index contributed by atoms with van der Waals surface area (Å²) in [6.45, 7) is 7.53. The first-order valence-corrected chi connectivity index (χ1v) is 10.7. The van der Waals surface area contributed by atoms with Crippen LogP contribution in [0.25, 0.3) is 0 Å². The number of benzene rings is 1. The number of carbonyl (C=O) groups excluding carboxylic acids is 2. The molecule has 1 amide bonds. The van der Waals surface area contributed by atoms with Gasteiger partial charge < -0.3 is 14.5 Å². The average Bonchev–Trinajstić information content (AvgIpc) is 3.34. The van der Waals surface area contributed by atoms with Gasteiger partial charge in [-0.3, -0.25) is 14.5 Å². The highest BCUT2D eigenvalue weighted by Crippen LogP contribution is 2.34. The largest absolute Gasteiger partial charge is 0.427 e. The third-order valence-electron chi connectivity index (χ3n) is 6.27. The van der Waals surface area contributed by atoms with Crippen molar-refractivity contribution in [2.45, 2.75) is 58.0 Å². The smallest absolute Gasteiger partial charge is 0.310 e. The van der Waals surface area contributed by atoms with Crippen molar-refractivity contribution in [1.29, 1.82) is 0 Å². The number of likely N-dealkylation sites (tertiary alicyclic amines) is 1. The first-order valence-electron chi connectivity index (χ1n) is 10.7. The van der Waals surface area contributed by atoms with Crippen LogP contribution in [0.5, 0.6) is 5.75 Å². The maximum Gasteiger partial charge on any atom is 0.310 e. The zero-order chi connectivity index (χ0) is 19.5. The third-order valence-corrected chi connectivity index (χ3v) is 6.27. The normalized spacial score (nSPS) is 22.6. The van der Waals surface area contributed by atoms with E-state index in [0.29, 0.717) is 24.6 Å². The lowest BCUT2D eigenvalue weighted by molar-refractivity contribution is -0.134. The Bertz CT molecular complexity index is 730. The second-order valence-corrected chi connectivity index (χ2v) is 8.19. The number of anilines is 1. The van der Waals surface area contributed by atoms with Crippen molar-refractivity contribution >= 4 is 17.6 Å². The molecule has 0 bridgehead atoms. The number of carbonyl (C=O) groups is 2. The predicted molar refractivity (Wildman–Crippen MR) is 108 cm³/mol. The van der Waals surface area contributed by atoms with E-state index in [2.05, 4.69) is 9.80 Å². The van der Waals surface area contributed by atoms with E-state index in [1.54, 1.807) is 6.92 Å². The summed E-state index contributed by atoms with van der Waals surface area (Å²) in [6, 6.07) is 6.15. The molecule has 0 spiro atoms. The van der Waals surface area contributed by atoms with Gasteiger partial charge in [0.25, 0.3) is 0 Å². The third kappa shape index (κ3) is 4.23. The van der Waals surface area contributed by atoms with Gasteiger partial charge in [0.15, 0.2) is 0 Å². The molecule has 1 aromatic rings. The van der Waals surface area contributed by atoms with Crippen LogP contribution in [-0.4, -0.2) is 60.4 Å². The number of hydrogen-bond acceptors (Lipinski definition) is 5. The van der Waals surface area contributed by atoms with Crippen LogP contribution in [0.1, 0.15) is 51.0 Å². The fourth-order valence-corrected chi connectivity index (χ4v) is 4.69. The summed E-state index contributed by atoms with van der Waals surface area (Å²) in [4.78, 5) is 31.7. The van der Waals surface area contributed by atoms with Crippen LogP contribution in [0.4, 0.5) is 5.69 Å². The van der Waals surface area contributed by atoms with E-state index < -0.39 is 0 Å². The van der Waals surface area contributed by atoms with E-state index in [9.17, 15) is 9.59 Å². The van der Waals surface area contributed by atoms with Crippen molar-refractivity contribution in [3.05, 3.63) is 23.8 Å². The molecule has 3 heterocycles. The highest BCUT2D eigenvalue weighted by Gasteiger charge is 2.33. The zero-order valence-electron chi connectivity index (χ0n) is 16.9. The van der Waals surface area contributed by atoms with Crippen LogP contribution in [0.2, 0.25) is 0 Å². The summed E-state index contributed by atoms with van der Waals surface area (Å²) in [5, 5.41) is 0. The van der Waals surface area contributed by atoms with E-state index in [4.69, 9.17) is 4.74 Å². The second-order valence-electron chi connectivity index (χ2n) is 8.19. The molecular formula is C22H31N3O3. The van der Waals surface area contributed by atoms with Gasteiger partial charge in [-0.2, -0.15) is 0 Å². The summed E-state index contributed by atoms with van der Waals surface area (Å²) >= 11 is 0. The van der Waals surface area contributed by atoms with Crippen LogP contribution < -0.4 is 9.64 Å². The molecule has 28 heavy (non-hydrogen) atoms. The van der Waals surface area contributed by atoms with Crippen molar-refractivity contribution in [2.75, 3.05) is 37.6 Å². The van der Waals surface area contributed by atoms with Crippen LogP contribution in [0, 0.1) is 0 Å². The molecule has 4 rings (SSSR count). The Morgan fingerprint density at radius 1 is 1.14 bits per heavy atom. The number of fused-ring (bicyclic) bond motifs is 2. The number of esters is 1. The Balaban J connectivity index is 1.55. The molecule has 0 N–H and O–H groups in total. The maximum absolute atomic E-state index is 13.2. The lowest BCUT2D eigenvalue weighted by Crippen LogP contribution is -2.41. The van der Waals surface area contributed by atoms with Crippen molar-refractivity contribution in [3.63, 3.8) is 0 Å². The summed E-state index contributed by atoms with van der Waals surface area (Å²) < 4.78 is 5.42. The Labute approximate surface area is 167 Å². The lowest BCUT2D eigenvalue weighted by atomic mass is 10.1. The van der Waals surface area contributed by atoms with Crippen molar-refractivity contribution in [3.8, 4) is 5.75 Å². The molecule has 2 fully saturated rings. The Hall–Kier alpha value is -1.92. The molecule has 1 unspecified atom stereocenters. The van der Waals surface area contributed by atoms with Gasteiger partial charge in [-0.05, 0) is 69.1 Å². The molecular weight excluding hydrogens is 354 g/mol. The molecule has 3 aliphatic rings. The number of ether oxygens (including phenoxy) is 1. The van der Waals surface area contributed by atoms with Crippen molar-refractivity contribution in [2.24, 2.45) is 0 Å². The van der Waals surface area contributed by atoms with E-state index >= 15 is 0 Å². The van der Waals surface area contributed by atoms with Crippen LogP contribution in [0.15, 0.2) is 18.2 Å². The highest BCUT2D eigenvalue weighted by atomic mass is 16.5. The molecule has 3 aliphatic heterocycles. The molecule has 0 aromatic heterocycles. The first-order chi connectivity index (χ1) is 13.6.